The van der Waals surface area contributed by atoms with Crippen LogP contribution in [-0.4, -0.2) is 27.2 Å². The van der Waals surface area contributed by atoms with Crippen LogP contribution in [0.2, 0.25) is 0 Å². The van der Waals surface area contributed by atoms with Crippen LogP contribution in [0.3, 0.4) is 0 Å². The van der Waals surface area contributed by atoms with Gasteiger partial charge >= 0.3 is 0 Å². The number of hydrogen-bond donors (Lipinski definition) is 2. The van der Waals surface area contributed by atoms with E-state index >= 15 is 0 Å². The molecule has 25 heavy (non-hydrogen) atoms. The fourth-order valence-corrected chi connectivity index (χ4v) is 4.15. The highest BCUT2D eigenvalue weighted by molar-refractivity contribution is 7.71. The fourth-order valence-electron chi connectivity index (χ4n) is 3.20. The highest BCUT2D eigenvalue weighted by atomic mass is 32.1. The SMILES string of the molecule is O=C(CCn1c(-c2cccs2)n[nH]c1=S)NCC1Cc2ccccc21. The Labute approximate surface area is 154 Å². The minimum atomic E-state index is 0.0459. The van der Waals surface area contributed by atoms with Gasteiger partial charge in [-0.15, -0.1) is 11.3 Å². The van der Waals surface area contributed by atoms with Crippen molar-refractivity contribution in [3.05, 3.63) is 57.7 Å². The minimum Gasteiger partial charge on any atom is -0.355 e. The van der Waals surface area contributed by atoms with Gasteiger partial charge in [-0.1, -0.05) is 30.3 Å². The number of thiophene rings is 1. The number of nitrogens with zero attached hydrogens (tertiary/aromatic N) is 2. The normalized spacial score (nSPS) is 15.4. The first-order valence-corrected chi connectivity index (χ1v) is 9.55. The van der Waals surface area contributed by atoms with Gasteiger partial charge in [0.05, 0.1) is 4.88 Å². The molecule has 0 radical (unpaired) electrons. The maximum Gasteiger partial charge on any atom is 0.221 e. The number of fused-ring (bicyclic) bond motifs is 1. The molecule has 2 aromatic heterocycles. The molecule has 1 aliphatic carbocycles. The number of H-pyrrole nitrogens is 1. The summed E-state index contributed by atoms with van der Waals surface area (Å²) in [7, 11) is 0. The number of benzene rings is 1. The predicted molar refractivity (Wildman–Crippen MR) is 101 cm³/mol. The smallest absolute Gasteiger partial charge is 0.221 e. The first-order chi connectivity index (χ1) is 12.2. The molecule has 3 aromatic rings. The predicted octanol–water partition coefficient (Wildman–Crippen LogP) is 3.52. The molecule has 128 valence electrons. The highest BCUT2D eigenvalue weighted by Gasteiger charge is 2.25. The molecule has 4 rings (SSSR count). The lowest BCUT2D eigenvalue weighted by atomic mass is 9.77. The quantitative estimate of drug-likeness (QED) is 0.653. The van der Waals surface area contributed by atoms with E-state index in [1.165, 1.54) is 11.1 Å². The van der Waals surface area contributed by atoms with Crippen molar-refractivity contribution in [3.8, 4) is 10.7 Å². The van der Waals surface area contributed by atoms with Crippen molar-refractivity contribution in [3.63, 3.8) is 0 Å². The Morgan fingerprint density at radius 2 is 2.24 bits per heavy atom. The Morgan fingerprint density at radius 3 is 3.04 bits per heavy atom. The molecule has 1 aliphatic rings. The molecule has 0 bridgehead atoms. The summed E-state index contributed by atoms with van der Waals surface area (Å²) in [5, 5.41) is 12.1. The number of rotatable bonds is 6. The van der Waals surface area contributed by atoms with Gasteiger partial charge in [0.2, 0.25) is 5.91 Å². The van der Waals surface area contributed by atoms with Crippen LogP contribution in [-0.2, 0) is 17.8 Å². The maximum atomic E-state index is 12.2. The van der Waals surface area contributed by atoms with Crippen molar-refractivity contribution in [1.82, 2.24) is 20.1 Å². The Bertz CT molecular complexity index is 942. The summed E-state index contributed by atoms with van der Waals surface area (Å²) in [6.07, 6.45) is 1.44. The van der Waals surface area contributed by atoms with Crippen LogP contribution in [0.15, 0.2) is 41.8 Å². The lowest BCUT2D eigenvalue weighted by molar-refractivity contribution is -0.121. The van der Waals surface area contributed by atoms with E-state index in [1.807, 2.05) is 22.1 Å². The molecular weight excluding hydrogens is 352 g/mol. The van der Waals surface area contributed by atoms with Crippen LogP contribution >= 0.6 is 23.6 Å². The molecular formula is C18H18N4OS2. The lowest BCUT2D eigenvalue weighted by Gasteiger charge is -2.30. The van der Waals surface area contributed by atoms with Crippen molar-refractivity contribution in [2.75, 3.05) is 6.54 Å². The first kappa shape index (κ1) is 16.2. The van der Waals surface area contributed by atoms with Gasteiger partial charge in [0.15, 0.2) is 10.6 Å². The average Bonchev–Trinajstić information content (AvgIpc) is 3.23. The number of aromatic amines is 1. The zero-order valence-electron chi connectivity index (χ0n) is 13.6. The van der Waals surface area contributed by atoms with Crippen LogP contribution in [0.1, 0.15) is 23.5 Å². The zero-order valence-corrected chi connectivity index (χ0v) is 15.2. The van der Waals surface area contributed by atoms with E-state index in [2.05, 4.69) is 39.8 Å². The van der Waals surface area contributed by atoms with Gasteiger partial charge in [-0.2, -0.15) is 5.10 Å². The highest BCUT2D eigenvalue weighted by Crippen LogP contribution is 2.34. The largest absolute Gasteiger partial charge is 0.355 e. The summed E-state index contributed by atoms with van der Waals surface area (Å²) in [5.74, 6) is 1.28. The van der Waals surface area contributed by atoms with E-state index in [4.69, 9.17) is 12.2 Å². The summed E-state index contributed by atoms with van der Waals surface area (Å²) < 4.78 is 2.43. The van der Waals surface area contributed by atoms with Crippen molar-refractivity contribution < 1.29 is 4.79 Å². The molecule has 2 heterocycles. The number of aromatic nitrogens is 3. The number of nitrogens with one attached hydrogen (secondary N) is 2. The van der Waals surface area contributed by atoms with Gasteiger partial charge in [0.25, 0.3) is 0 Å². The third-order valence-electron chi connectivity index (χ3n) is 4.57. The average molecular weight is 371 g/mol. The first-order valence-electron chi connectivity index (χ1n) is 8.26. The van der Waals surface area contributed by atoms with Gasteiger partial charge in [-0.05, 0) is 41.2 Å². The van der Waals surface area contributed by atoms with Crippen molar-refractivity contribution in [2.45, 2.75) is 25.3 Å². The van der Waals surface area contributed by atoms with E-state index in [1.54, 1.807) is 11.3 Å². The van der Waals surface area contributed by atoms with E-state index < -0.39 is 0 Å². The Hall–Kier alpha value is -2.25. The van der Waals surface area contributed by atoms with Gasteiger partial charge in [0, 0.05) is 25.4 Å². The topological polar surface area (TPSA) is 62.7 Å². The zero-order chi connectivity index (χ0) is 17.2. The number of hydrogen-bond acceptors (Lipinski definition) is 4. The molecule has 1 atom stereocenters. The molecule has 0 saturated heterocycles. The number of carbonyl (C=O) groups excluding carboxylic acids is 1. The molecule has 7 heteroatoms. The molecule has 0 aliphatic heterocycles. The van der Waals surface area contributed by atoms with E-state index in [0.717, 1.165) is 17.1 Å². The molecule has 0 saturated carbocycles. The van der Waals surface area contributed by atoms with E-state index in [0.29, 0.717) is 30.2 Å². The number of amides is 1. The maximum absolute atomic E-state index is 12.2. The molecule has 1 amide bonds. The summed E-state index contributed by atoms with van der Waals surface area (Å²) in [5.41, 5.74) is 2.76. The standard InChI is InChI=1S/C18H18N4OS2/c23-16(19-11-13-10-12-4-1-2-5-14(12)13)7-8-22-17(20-21-18(22)24)15-6-3-9-25-15/h1-6,9,13H,7-8,10-11H2,(H,19,23)(H,21,24). The minimum absolute atomic E-state index is 0.0459. The lowest BCUT2D eigenvalue weighted by Crippen LogP contribution is -2.33. The summed E-state index contributed by atoms with van der Waals surface area (Å²) in [6, 6.07) is 12.4. The second-order valence-corrected chi connectivity index (χ2v) is 7.47. The van der Waals surface area contributed by atoms with Gasteiger partial charge in [0.1, 0.15) is 0 Å². The second kappa shape index (κ2) is 6.93. The third-order valence-corrected chi connectivity index (χ3v) is 5.75. The van der Waals surface area contributed by atoms with Gasteiger partial charge < -0.3 is 5.32 Å². The van der Waals surface area contributed by atoms with E-state index in [9.17, 15) is 4.79 Å². The van der Waals surface area contributed by atoms with Crippen LogP contribution in [0.25, 0.3) is 10.7 Å². The van der Waals surface area contributed by atoms with Crippen LogP contribution < -0.4 is 5.32 Å². The summed E-state index contributed by atoms with van der Waals surface area (Å²) in [4.78, 5) is 13.3. The Morgan fingerprint density at radius 1 is 1.36 bits per heavy atom. The second-order valence-electron chi connectivity index (χ2n) is 6.14. The molecule has 1 unspecified atom stereocenters. The van der Waals surface area contributed by atoms with Crippen LogP contribution in [0.4, 0.5) is 0 Å². The van der Waals surface area contributed by atoms with Crippen molar-refractivity contribution in [1.29, 1.82) is 0 Å². The van der Waals surface area contributed by atoms with Crippen LogP contribution in [0.5, 0.6) is 0 Å². The molecule has 0 spiro atoms. The molecule has 5 nitrogen and oxygen atoms in total. The molecule has 1 aromatic carbocycles. The monoisotopic (exact) mass is 370 g/mol. The molecule has 2 N–H and O–H groups in total. The summed E-state index contributed by atoms with van der Waals surface area (Å²) in [6.45, 7) is 1.22. The summed E-state index contributed by atoms with van der Waals surface area (Å²) >= 11 is 6.90. The van der Waals surface area contributed by atoms with Crippen molar-refractivity contribution >= 4 is 29.5 Å². The van der Waals surface area contributed by atoms with Crippen molar-refractivity contribution in [2.24, 2.45) is 0 Å². The Kier molecular flexibility index (Phi) is 4.50. The van der Waals surface area contributed by atoms with Gasteiger partial charge in [-0.3, -0.25) is 14.5 Å². The van der Waals surface area contributed by atoms with Gasteiger partial charge in [-0.25, -0.2) is 0 Å². The fraction of sp³-hybridized carbons (Fsp3) is 0.278. The van der Waals surface area contributed by atoms with E-state index in [-0.39, 0.29) is 5.91 Å². The van der Waals surface area contributed by atoms with Crippen LogP contribution in [0, 0.1) is 4.77 Å². The Balaban J connectivity index is 1.33. The third kappa shape index (κ3) is 3.29. The number of carbonyl (C=O) groups is 1. The molecule has 0 fully saturated rings.